The Kier molecular flexibility index (Phi) is 5.41. The summed E-state index contributed by atoms with van der Waals surface area (Å²) < 4.78 is 26.4. The first-order chi connectivity index (χ1) is 15.6. The van der Waals surface area contributed by atoms with Crippen LogP contribution in [0.15, 0.2) is 51.9 Å². The number of nitrogens with zero attached hydrogens (tertiary/aromatic N) is 4. The second-order valence-electron chi connectivity index (χ2n) is 7.09. The van der Waals surface area contributed by atoms with E-state index in [9.17, 15) is 14.0 Å². The number of morpholine rings is 1. The number of carbonyl (C=O) groups excluding carboxylic acids is 1. The van der Waals surface area contributed by atoms with Crippen molar-refractivity contribution in [1.82, 2.24) is 14.8 Å². The van der Waals surface area contributed by atoms with Gasteiger partial charge in [-0.05, 0) is 24.3 Å². The van der Waals surface area contributed by atoms with Gasteiger partial charge in [0.2, 0.25) is 5.91 Å². The average molecular weight is 455 g/mol. The van der Waals surface area contributed by atoms with E-state index in [-0.39, 0.29) is 11.2 Å². The van der Waals surface area contributed by atoms with Crippen LogP contribution >= 0.6 is 11.3 Å². The summed E-state index contributed by atoms with van der Waals surface area (Å²) in [6.07, 6.45) is 1.51. The molecule has 1 aliphatic rings. The minimum atomic E-state index is -0.585. The Morgan fingerprint density at radius 1 is 1.19 bits per heavy atom. The fourth-order valence-corrected chi connectivity index (χ4v) is 4.51. The topological polar surface area (TPSA) is 102 Å². The highest BCUT2D eigenvalue weighted by Crippen LogP contribution is 2.34. The van der Waals surface area contributed by atoms with Crippen LogP contribution in [0.3, 0.4) is 0 Å². The summed E-state index contributed by atoms with van der Waals surface area (Å²) >= 11 is 1.35. The van der Waals surface area contributed by atoms with Crippen molar-refractivity contribution in [2.24, 2.45) is 0 Å². The first kappa shape index (κ1) is 20.3. The largest absolute Gasteiger partial charge is 0.463 e. The third kappa shape index (κ3) is 3.87. The monoisotopic (exact) mass is 455 g/mol. The molecule has 1 saturated heterocycles. The van der Waals surface area contributed by atoms with Crippen LogP contribution in [0.1, 0.15) is 0 Å². The molecular weight excluding hydrogens is 437 g/mol. The van der Waals surface area contributed by atoms with E-state index in [4.69, 9.17) is 9.15 Å². The highest BCUT2D eigenvalue weighted by molar-refractivity contribution is 7.22. The van der Waals surface area contributed by atoms with Gasteiger partial charge in [-0.2, -0.15) is 5.10 Å². The van der Waals surface area contributed by atoms with Gasteiger partial charge in [-0.25, -0.2) is 14.1 Å². The number of furan rings is 1. The van der Waals surface area contributed by atoms with Gasteiger partial charge >= 0.3 is 0 Å². The number of thiazole rings is 1. The Labute approximate surface area is 185 Å². The number of carbonyl (C=O) groups is 1. The van der Waals surface area contributed by atoms with E-state index in [0.29, 0.717) is 47.6 Å². The SMILES string of the molecule is O=C(Cn1nc(-c2ccco2)c2sc(N3CCOCC3)nc2c1=O)Nc1ccccc1F. The van der Waals surface area contributed by atoms with Crippen LogP contribution in [-0.4, -0.2) is 47.0 Å². The number of anilines is 2. The Balaban J connectivity index is 1.54. The van der Waals surface area contributed by atoms with E-state index in [1.807, 2.05) is 0 Å². The number of benzene rings is 1. The van der Waals surface area contributed by atoms with Crippen molar-refractivity contribution < 1.29 is 18.3 Å². The van der Waals surface area contributed by atoms with Crippen LogP contribution < -0.4 is 15.8 Å². The molecule has 32 heavy (non-hydrogen) atoms. The van der Waals surface area contributed by atoms with Crippen LogP contribution in [0.5, 0.6) is 0 Å². The maximum Gasteiger partial charge on any atom is 0.294 e. The van der Waals surface area contributed by atoms with Gasteiger partial charge in [0.15, 0.2) is 16.4 Å². The molecule has 0 spiro atoms. The Morgan fingerprint density at radius 2 is 2.00 bits per heavy atom. The molecule has 4 aromatic rings. The summed E-state index contributed by atoms with van der Waals surface area (Å²) in [5.74, 6) is -0.698. The summed E-state index contributed by atoms with van der Waals surface area (Å²) in [4.78, 5) is 32.3. The van der Waals surface area contributed by atoms with Crippen LogP contribution in [0.25, 0.3) is 21.7 Å². The minimum absolute atomic E-state index is 0.0288. The van der Waals surface area contributed by atoms with Gasteiger partial charge < -0.3 is 19.4 Å². The summed E-state index contributed by atoms with van der Waals surface area (Å²) in [5, 5.41) is 7.54. The number of rotatable bonds is 5. The highest BCUT2D eigenvalue weighted by Gasteiger charge is 2.23. The molecule has 0 bridgehead atoms. The molecular formula is C21H18FN5O4S. The van der Waals surface area contributed by atoms with Crippen LogP contribution in [0, 0.1) is 5.82 Å². The molecule has 1 N–H and O–H groups in total. The summed E-state index contributed by atoms with van der Waals surface area (Å²) in [6.45, 7) is 2.10. The second-order valence-corrected chi connectivity index (χ2v) is 8.07. The summed E-state index contributed by atoms with van der Waals surface area (Å²) in [5.41, 5.74) is 0.146. The van der Waals surface area contributed by atoms with Gasteiger partial charge in [0, 0.05) is 13.1 Å². The lowest BCUT2D eigenvalue weighted by Gasteiger charge is -2.25. The quantitative estimate of drug-likeness (QED) is 0.494. The van der Waals surface area contributed by atoms with E-state index in [1.165, 1.54) is 35.8 Å². The number of halogens is 1. The van der Waals surface area contributed by atoms with Crippen molar-refractivity contribution in [3.05, 3.63) is 58.8 Å². The lowest BCUT2D eigenvalue weighted by molar-refractivity contribution is -0.117. The first-order valence-electron chi connectivity index (χ1n) is 9.93. The minimum Gasteiger partial charge on any atom is -0.463 e. The molecule has 0 radical (unpaired) electrons. The van der Waals surface area contributed by atoms with Gasteiger partial charge in [-0.15, -0.1) is 0 Å². The Morgan fingerprint density at radius 3 is 2.75 bits per heavy atom. The normalized spacial score (nSPS) is 14.1. The van der Waals surface area contributed by atoms with Gasteiger partial charge in [0.1, 0.15) is 18.1 Å². The number of nitrogens with one attached hydrogen (secondary N) is 1. The van der Waals surface area contributed by atoms with E-state index in [1.54, 1.807) is 18.2 Å². The molecule has 164 valence electrons. The van der Waals surface area contributed by atoms with Gasteiger partial charge in [-0.1, -0.05) is 23.5 Å². The zero-order valence-corrected chi connectivity index (χ0v) is 17.6. The fraction of sp³-hybridized carbons (Fsp3) is 0.238. The predicted octanol–water partition coefficient (Wildman–Crippen LogP) is 2.73. The zero-order chi connectivity index (χ0) is 22.1. The molecule has 11 heteroatoms. The molecule has 1 aromatic carbocycles. The standard InChI is InChI=1S/C21H18FN5O4S/c22-13-4-1-2-5-14(13)23-16(28)12-27-20(29)18-19(17(25-27)15-6-3-9-31-15)32-21(24-18)26-7-10-30-11-8-26/h1-6,9H,7-8,10-12H2,(H,23,28). The number of hydrogen-bond donors (Lipinski definition) is 1. The summed E-state index contributed by atoms with van der Waals surface area (Å²) in [7, 11) is 0. The molecule has 0 unspecified atom stereocenters. The molecule has 3 aromatic heterocycles. The lowest BCUT2D eigenvalue weighted by Crippen LogP contribution is -2.36. The third-order valence-corrected chi connectivity index (χ3v) is 6.09. The van der Waals surface area contributed by atoms with Crippen LogP contribution in [0.2, 0.25) is 0 Å². The zero-order valence-electron chi connectivity index (χ0n) is 16.8. The smallest absolute Gasteiger partial charge is 0.294 e. The van der Waals surface area contributed by atoms with Crippen molar-refractivity contribution >= 4 is 38.3 Å². The number of hydrogen-bond acceptors (Lipinski definition) is 8. The molecule has 1 fully saturated rings. The van der Waals surface area contributed by atoms with Crippen LogP contribution in [-0.2, 0) is 16.1 Å². The molecule has 9 nitrogen and oxygen atoms in total. The number of aromatic nitrogens is 3. The van der Waals surface area contributed by atoms with Crippen molar-refractivity contribution in [2.45, 2.75) is 6.54 Å². The van der Waals surface area contributed by atoms with Crippen molar-refractivity contribution in [1.29, 1.82) is 0 Å². The lowest BCUT2D eigenvalue weighted by atomic mass is 10.3. The molecule has 5 rings (SSSR count). The molecule has 1 amide bonds. The maximum atomic E-state index is 13.9. The molecule has 0 saturated carbocycles. The van der Waals surface area contributed by atoms with E-state index >= 15 is 0 Å². The third-order valence-electron chi connectivity index (χ3n) is 4.97. The maximum absolute atomic E-state index is 13.9. The van der Waals surface area contributed by atoms with E-state index < -0.39 is 23.8 Å². The highest BCUT2D eigenvalue weighted by atomic mass is 32.1. The summed E-state index contributed by atoms with van der Waals surface area (Å²) in [6, 6.07) is 9.25. The predicted molar refractivity (Wildman–Crippen MR) is 117 cm³/mol. The van der Waals surface area contributed by atoms with Crippen molar-refractivity contribution in [3.63, 3.8) is 0 Å². The van der Waals surface area contributed by atoms with Crippen molar-refractivity contribution in [3.8, 4) is 11.5 Å². The van der Waals surface area contributed by atoms with Crippen molar-refractivity contribution in [2.75, 3.05) is 36.5 Å². The molecule has 0 aliphatic carbocycles. The fourth-order valence-electron chi connectivity index (χ4n) is 3.41. The number of para-hydroxylation sites is 1. The second kappa shape index (κ2) is 8.52. The van der Waals surface area contributed by atoms with Gasteiger partial charge in [0.05, 0.1) is 29.9 Å². The Bertz CT molecular complexity index is 1330. The molecule has 0 atom stereocenters. The van der Waals surface area contributed by atoms with Gasteiger partial charge in [-0.3, -0.25) is 9.59 Å². The Hall–Kier alpha value is -3.57. The number of fused-ring (bicyclic) bond motifs is 1. The first-order valence-corrected chi connectivity index (χ1v) is 10.7. The molecule has 1 aliphatic heterocycles. The number of amides is 1. The van der Waals surface area contributed by atoms with E-state index in [2.05, 4.69) is 20.3 Å². The number of ether oxygens (including phenoxy) is 1. The van der Waals surface area contributed by atoms with Gasteiger partial charge in [0.25, 0.3) is 5.56 Å². The average Bonchev–Trinajstić information content (AvgIpc) is 3.49. The van der Waals surface area contributed by atoms with E-state index in [0.717, 1.165) is 4.68 Å². The van der Waals surface area contributed by atoms with Crippen LogP contribution in [0.4, 0.5) is 15.2 Å². The molecule has 4 heterocycles.